The van der Waals surface area contributed by atoms with Crippen molar-refractivity contribution in [2.75, 3.05) is 13.1 Å². The SMILES string of the molecule is CCC(C)NC(=O)CCNC(=O)CCC1CCCN1. The molecule has 1 fully saturated rings. The van der Waals surface area contributed by atoms with Gasteiger partial charge in [-0.3, -0.25) is 9.59 Å². The Morgan fingerprint density at radius 3 is 2.74 bits per heavy atom. The van der Waals surface area contributed by atoms with Gasteiger partial charge in [0.15, 0.2) is 0 Å². The number of hydrogen-bond donors (Lipinski definition) is 3. The van der Waals surface area contributed by atoms with E-state index in [1.807, 2.05) is 13.8 Å². The van der Waals surface area contributed by atoms with E-state index in [0.29, 0.717) is 25.4 Å². The largest absolute Gasteiger partial charge is 0.356 e. The van der Waals surface area contributed by atoms with Crippen LogP contribution in [0.5, 0.6) is 0 Å². The summed E-state index contributed by atoms with van der Waals surface area (Å²) in [5.41, 5.74) is 0. The molecule has 1 heterocycles. The van der Waals surface area contributed by atoms with Gasteiger partial charge in [0.25, 0.3) is 0 Å². The normalized spacial score (nSPS) is 20.0. The van der Waals surface area contributed by atoms with Crippen LogP contribution in [0.25, 0.3) is 0 Å². The van der Waals surface area contributed by atoms with E-state index in [1.165, 1.54) is 12.8 Å². The molecular formula is C14H27N3O2. The molecule has 0 spiro atoms. The summed E-state index contributed by atoms with van der Waals surface area (Å²) in [7, 11) is 0. The fourth-order valence-corrected chi connectivity index (χ4v) is 2.16. The summed E-state index contributed by atoms with van der Waals surface area (Å²) in [6.45, 7) is 5.51. The number of rotatable bonds is 8. The van der Waals surface area contributed by atoms with E-state index in [1.54, 1.807) is 0 Å². The lowest BCUT2D eigenvalue weighted by Crippen LogP contribution is -2.35. The first kappa shape index (κ1) is 16.0. The van der Waals surface area contributed by atoms with Gasteiger partial charge in [-0.1, -0.05) is 6.92 Å². The zero-order valence-corrected chi connectivity index (χ0v) is 12.1. The summed E-state index contributed by atoms with van der Waals surface area (Å²) in [6, 6.07) is 0.705. The van der Waals surface area contributed by atoms with E-state index in [4.69, 9.17) is 0 Å². The highest BCUT2D eigenvalue weighted by atomic mass is 16.2. The molecule has 0 radical (unpaired) electrons. The zero-order chi connectivity index (χ0) is 14.1. The monoisotopic (exact) mass is 269 g/mol. The molecule has 110 valence electrons. The van der Waals surface area contributed by atoms with E-state index >= 15 is 0 Å². The smallest absolute Gasteiger partial charge is 0.221 e. The Balaban J connectivity index is 2.01. The molecule has 1 aliphatic rings. The molecule has 1 saturated heterocycles. The number of amides is 2. The van der Waals surface area contributed by atoms with Gasteiger partial charge in [-0.25, -0.2) is 0 Å². The summed E-state index contributed by atoms with van der Waals surface area (Å²) >= 11 is 0. The minimum atomic E-state index is 0.00658. The van der Waals surface area contributed by atoms with Crippen molar-refractivity contribution in [2.45, 2.75) is 64.5 Å². The van der Waals surface area contributed by atoms with Gasteiger partial charge in [0.05, 0.1) is 0 Å². The van der Waals surface area contributed by atoms with Crippen LogP contribution in [0.3, 0.4) is 0 Å². The summed E-state index contributed by atoms with van der Waals surface area (Å²) in [5, 5.41) is 9.05. The minimum Gasteiger partial charge on any atom is -0.356 e. The van der Waals surface area contributed by atoms with Gasteiger partial charge >= 0.3 is 0 Å². The molecule has 2 amide bonds. The second-order valence-corrected chi connectivity index (χ2v) is 5.31. The van der Waals surface area contributed by atoms with Gasteiger partial charge in [-0.15, -0.1) is 0 Å². The van der Waals surface area contributed by atoms with Crippen LogP contribution in [0.15, 0.2) is 0 Å². The van der Waals surface area contributed by atoms with Gasteiger partial charge in [0.1, 0.15) is 0 Å². The second kappa shape index (κ2) is 8.91. The average Bonchev–Trinajstić information content (AvgIpc) is 2.89. The van der Waals surface area contributed by atoms with Crippen molar-refractivity contribution < 1.29 is 9.59 Å². The van der Waals surface area contributed by atoms with Crippen molar-refractivity contribution in [1.29, 1.82) is 0 Å². The lowest BCUT2D eigenvalue weighted by Gasteiger charge is -2.12. The van der Waals surface area contributed by atoms with E-state index < -0.39 is 0 Å². The predicted octanol–water partition coefficient (Wildman–Crippen LogP) is 0.940. The quantitative estimate of drug-likeness (QED) is 0.614. The van der Waals surface area contributed by atoms with Gasteiger partial charge in [0.2, 0.25) is 11.8 Å². The van der Waals surface area contributed by atoms with Gasteiger partial charge < -0.3 is 16.0 Å². The third-order valence-electron chi connectivity index (χ3n) is 3.58. The molecule has 5 nitrogen and oxygen atoms in total. The molecule has 2 atom stereocenters. The lowest BCUT2D eigenvalue weighted by molar-refractivity contribution is -0.122. The van der Waals surface area contributed by atoms with Crippen LogP contribution in [0.1, 0.15) is 52.4 Å². The summed E-state index contributed by atoms with van der Waals surface area (Å²) in [4.78, 5) is 23.1. The van der Waals surface area contributed by atoms with Crippen molar-refractivity contribution in [3.63, 3.8) is 0 Å². The van der Waals surface area contributed by atoms with Crippen LogP contribution in [-0.4, -0.2) is 37.0 Å². The van der Waals surface area contributed by atoms with Crippen LogP contribution in [0.2, 0.25) is 0 Å². The molecule has 19 heavy (non-hydrogen) atoms. The maximum Gasteiger partial charge on any atom is 0.221 e. The number of carbonyl (C=O) groups is 2. The van der Waals surface area contributed by atoms with Crippen LogP contribution in [0.4, 0.5) is 0 Å². The topological polar surface area (TPSA) is 70.2 Å². The summed E-state index contributed by atoms with van der Waals surface area (Å²) in [5.74, 6) is 0.0529. The molecular weight excluding hydrogens is 242 g/mol. The Labute approximate surface area is 115 Å². The minimum absolute atomic E-state index is 0.00658. The predicted molar refractivity (Wildman–Crippen MR) is 75.8 cm³/mol. The molecule has 0 aromatic heterocycles. The summed E-state index contributed by atoms with van der Waals surface area (Å²) in [6.07, 6.45) is 5.10. The van der Waals surface area contributed by atoms with E-state index in [-0.39, 0.29) is 17.9 Å². The molecule has 0 bridgehead atoms. The Morgan fingerprint density at radius 1 is 1.32 bits per heavy atom. The van der Waals surface area contributed by atoms with Gasteiger partial charge in [0, 0.05) is 31.5 Å². The van der Waals surface area contributed by atoms with Crippen molar-refractivity contribution in [1.82, 2.24) is 16.0 Å². The Kier molecular flexibility index (Phi) is 7.48. The molecule has 1 aliphatic heterocycles. The third kappa shape index (κ3) is 7.15. The fraction of sp³-hybridized carbons (Fsp3) is 0.857. The summed E-state index contributed by atoms with van der Waals surface area (Å²) < 4.78 is 0. The molecule has 5 heteroatoms. The standard InChI is InChI=1S/C14H27N3O2/c1-3-11(2)17-14(19)8-10-16-13(18)7-6-12-5-4-9-15-12/h11-12,15H,3-10H2,1-2H3,(H,16,18)(H,17,19). The first-order valence-corrected chi connectivity index (χ1v) is 7.41. The van der Waals surface area contributed by atoms with Crippen molar-refractivity contribution in [2.24, 2.45) is 0 Å². The van der Waals surface area contributed by atoms with Gasteiger partial charge in [-0.05, 0) is 39.2 Å². The molecule has 2 unspecified atom stereocenters. The van der Waals surface area contributed by atoms with Crippen molar-refractivity contribution >= 4 is 11.8 Å². The average molecular weight is 269 g/mol. The molecule has 0 aromatic rings. The van der Waals surface area contributed by atoms with E-state index in [9.17, 15) is 9.59 Å². The highest BCUT2D eigenvalue weighted by Gasteiger charge is 2.15. The maximum absolute atomic E-state index is 11.6. The third-order valence-corrected chi connectivity index (χ3v) is 3.58. The van der Waals surface area contributed by atoms with Crippen LogP contribution in [-0.2, 0) is 9.59 Å². The molecule has 0 saturated carbocycles. The van der Waals surface area contributed by atoms with Crippen LogP contribution >= 0.6 is 0 Å². The van der Waals surface area contributed by atoms with Crippen molar-refractivity contribution in [3.8, 4) is 0 Å². The Morgan fingerprint density at radius 2 is 2.11 bits per heavy atom. The first-order valence-electron chi connectivity index (χ1n) is 7.41. The maximum atomic E-state index is 11.6. The van der Waals surface area contributed by atoms with Crippen molar-refractivity contribution in [3.05, 3.63) is 0 Å². The molecule has 3 N–H and O–H groups in total. The number of hydrogen-bond acceptors (Lipinski definition) is 3. The second-order valence-electron chi connectivity index (χ2n) is 5.31. The Bertz CT molecular complexity index is 288. The van der Waals surface area contributed by atoms with Crippen LogP contribution < -0.4 is 16.0 Å². The first-order chi connectivity index (χ1) is 9.11. The number of nitrogens with one attached hydrogen (secondary N) is 3. The van der Waals surface area contributed by atoms with E-state index in [2.05, 4.69) is 16.0 Å². The highest BCUT2D eigenvalue weighted by Crippen LogP contribution is 2.10. The zero-order valence-electron chi connectivity index (χ0n) is 12.1. The number of carbonyl (C=O) groups excluding carboxylic acids is 2. The highest BCUT2D eigenvalue weighted by molar-refractivity contribution is 5.79. The van der Waals surface area contributed by atoms with Gasteiger partial charge in [-0.2, -0.15) is 0 Å². The molecule has 0 aromatic carbocycles. The fourth-order valence-electron chi connectivity index (χ4n) is 2.16. The molecule has 1 rings (SSSR count). The van der Waals surface area contributed by atoms with Crippen LogP contribution in [0, 0.1) is 0 Å². The van der Waals surface area contributed by atoms with E-state index in [0.717, 1.165) is 19.4 Å². The molecule has 0 aliphatic carbocycles. The Hall–Kier alpha value is -1.10. The lowest BCUT2D eigenvalue weighted by atomic mass is 10.1.